The van der Waals surface area contributed by atoms with Crippen LogP contribution in [0.3, 0.4) is 0 Å². The van der Waals surface area contributed by atoms with Gasteiger partial charge >= 0.3 is 0 Å². The van der Waals surface area contributed by atoms with Gasteiger partial charge in [-0.2, -0.15) is 5.10 Å². The second-order valence-electron chi connectivity index (χ2n) is 4.20. The van der Waals surface area contributed by atoms with Gasteiger partial charge in [-0.25, -0.2) is 0 Å². The largest absolute Gasteiger partial charge is 0.316 e. The molecule has 0 aromatic carbocycles. The highest BCUT2D eigenvalue weighted by Gasteiger charge is 2.17. The number of piperidine rings is 1. The van der Waals surface area contributed by atoms with E-state index < -0.39 is 0 Å². The molecule has 1 saturated heterocycles. The van der Waals surface area contributed by atoms with Gasteiger partial charge in [-0.3, -0.25) is 9.58 Å². The van der Waals surface area contributed by atoms with E-state index in [1.165, 1.54) is 25.9 Å². The fourth-order valence-corrected chi connectivity index (χ4v) is 2.17. The van der Waals surface area contributed by atoms with Crippen LogP contribution in [0.1, 0.15) is 12.8 Å². The van der Waals surface area contributed by atoms with Gasteiger partial charge in [0.15, 0.2) is 0 Å². The summed E-state index contributed by atoms with van der Waals surface area (Å²) in [7, 11) is 2.06. The van der Waals surface area contributed by atoms with Gasteiger partial charge in [0.1, 0.15) is 0 Å². The first-order chi connectivity index (χ1) is 7.38. The van der Waals surface area contributed by atoms with Crippen molar-refractivity contribution < 1.29 is 0 Å². The Morgan fingerprint density at radius 1 is 1.47 bits per heavy atom. The summed E-state index contributed by atoms with van der Waals surface area (Å²) in [5.41, 5.74) is 0. The molecule has 1 aliphatic heterocycles. The van der Waals surface area contributed by atoms with E-state index in [-0.39, 0.29) is 0 Å². The number of aromatic nitrogens is 2. The molecule has 4 nitrogen and oxygen atoms in total. The number of likely N-dealkylation sites (N-methyl/N-ethyl adjacent to an activating group) is 1. The summed E-state index contributed by atoms with van der Waals surface area (Å²) >= 11 is 0. The molecule has 2 rings (SSSR count). The van der Waals surface area contributed by atoms with Crippen LogP contribution in [0.15, 0.2) is 18.5 Å². The predicted octanol–water partition coefficient (Wildman–Crippen LogP) is 0.567. The van der Waals surface area contributed by atoms with Crippen molar-refractivity contribution in [3.63, 3.8) is 0 Å². The zero-order valence-electron chi connectivity index (χ0n) is 9.39. The van der Waals surface area contributed by atoms with Crippen molar-refractivity contribution >= 4 is 0 Å². The Morgan fingerprint density at radius 2 is 2.40 bits per heavy atom. The van der Waals surface area contributed by atoms with Crippen LogP contribution in [0, 0.1) is 0 Å². The molecule has 1 aliphatic rings. The molecule has 15 heavy (non-hydrogen) atoms. The van der Waals surface area contributed by atoms with Gasteiger partial charge < -0.3 is 5.32 Å². The molecule has 0 spiro atoms. The Kier molecular flexibility index (Phi) is 3.75. The van der Waals surface area contributed by atoms with Gasteiger partial charge in [0, 0.05) is 31.5 Å². The number of rotatable bonds is 4. The van der Waals surface area contributed by atoms with Gasteiger partial charge in [0.05, 0.1) is 6.54 Å². The highest BCUT2D eigenvalue weighted by Crippen LogP contribution is 2.09. The van der Waals surface area contributed by atoms with Gasteiger partial charge in [0.25, 0.3) is 0 Å². The molecule has 0 amide bonds. The van der Waals surface area contributed by atoms with E-state index in [1.54, 1.807) is 0 Å². The van der Waals surface area contributed by atoms with Crippen molar-refractivity contribution in [1.82, 2.24) is 20.0 Å². The summed E-state index contributed by atoms with van der Waals surface area (Å²) in [4.78, 5) is 2.52. The van der Waals surface area contributed by atoms with E-state index in [0.29, 0.717) is 6.04 Å². The second-order valence-corrected chi connectivity index (χ2v) is 4.20. The van der Waals surface area contributed by atoms with Crippen LogP contribution in [0.25, 0.3) is 0 Å². The lowest BCUT2D eigenvalue weighted by Crippen LogP contribution is -2.45. The molecule has 2 heterocycles. The molecule has 0 saturated carbocycles. The number of hydrogen-bond acceptors (Lipinski definition) is 3. The molecular weight excluding hydrogens is 188 g/mol. The molecule has 0 radical (unpaired) electrons. The summed E-state index contributed by atoms with van der Waals surface area (Å²) in [5, 5.41) is 7.58. The minimum absolute atomic E-state index is 0.677. The van der Waals surface area contributed by atoms with Crippen LogP contribution in [0.5, 0.6) is 0 Å². The summed E-state index contributed by atoms with van der Waals surface area (Å²) in [6.07, 6.45) is 6.49. The summed E-state index contributed by atoms with van der Waals surface area (Å²) in [6.45, 7) is 4.53. The highest BCUT2D eigenvalue weighted by molar-refractivity contribution is 4.80. The average molecular weight is 208 g/mol. The van der Waals surface area contributed by atoms with Crippen LogP contribution in [0.4, 0.5) is 0 Å². The number of nitrogens with one attached hydrogen (secondary N) is 1. The maximum atomic E-state index is 4.21. The summed E-state index contributed by atoms with van der Waals surface area (Å²) < 4.78 is 2.00. The third-order valence-corrected chi connectivity index (χ3v) is 3.12. The molecule has 0 bridgehead atoms. The minimum atomic E-state index is 0.677. The quantitative estimate of drug-likeness (QED) is 0.785. The fourth-order valence-electron chi connectivity index (χ4n) is 2.17. The lowest BCUT2D eigenvalue weighted by atomic mass is 10.1. The molecule has 1 unspecified atom stereocenters. The molecule has 4 heteroatoms. The third kappa shape index (κ3) is 3.04. The van der Waals surface area contributed by atoms with Crippen LogP contribution in [-0.2, 0) is 6.54 Å². The van der Waals surface area contributed by atoms with Crippen LogP contribution >= 0.6 is 0 Å². The van der Waals surface area contributed by atoms with Gasteiger partial charge in [-0.1, -0.05) is 0 Å². The van der Waals surface area contributed by atoms with Crippen molar-refractivity contribution in [2.75, 3.05) is 26.7 Å². The van der Waals surface area contributed by atoms with E-state index in [1.807, 2.05) is 23.1 Å². The number of likely N-dealkylation sites (tertiary alicyclic amines) is 1. The Hall–Kier alpha value is -0.870. The van der Waals surface area contributed by atoms with Gasteiger partial charge in [-0.05, 0) is 32.5 Å². The maximum absolute atomic E-state index is 4.21. The second kappa shape index (κ2) is 5.28. The normalized spacial score (nSPS) is 23.1. The van der Waals surface area contributed by atoms with E-state index in [4.69, 9.17) is 0 Å². The third-order valence-electron chi connectivity index (χ3n) is 3.12. The first-order valence-corrected chi connectivity index (χ1v) is 5.75. The zero-order valence-corrected chi connectivity index (χ0v) is 9.39. The molecular formula is C11H20N4. The molecule has 1 N–H and O–H groups in total. The molecule has 0 aliphatic carbocycles. The van der Waals surface area contributed by atoms with E-state index in [9.17, 15) is 0 Å². The smallest absolute Gasteiger partial charge is 0.0536 e. The number of nitrogens with zero attached hydrogens (tertiary/aromatic N) is 3. The molecule has 1 aromatic rings. The van der Waals surface area contributed by atoms with E-state index in [0.717, 1.165) is 13.1 Å². The number of hydrogen-bond donors (Lipinski definition) is 1. The molecule has 84 valence electrons. The van der Waals surface area contributed by atoms with Gasteiger partial charge in [0.2, 0.25) is 0 Å². The average Bonchev–Trinajstić information content (AvgIpc) is 2.79. The van der Waals surface area contributed by atoms with Crippen molar-refractivity contribution in [3.05, 3.63) is 18.5 Å². The highest BCUT2D eigenvalue weighted by atomic mass is 15.3. The summed E-state index contributed by atoms with van der Waals surface area (Å²) in [6, 6.07) is 2.66. The van der Waals surface area contributed by atoms with Gasteiger partial charge in [-0.15, -0.1) is 0 Å². The van der Waals surface area contributed by atoms with E-state index in [2.05, 4.69) is 22.4 Å². The summed E-state index contributed by atoms with van der Waals surface area (Å²) in [5.74, 6) is 0. The van der Waals surface area contributed by atoms with Crippen molar-refractivity contribution in [3.8, 4) is 0 Å². The molecule has 1 aromatic heterocycles. The standard InChI is InChI=1S/C11H20N4/c1-12-11-4-2-6-14(10-11)8-9-15-7-3-5-13-15/h3,5,7,11-12H,2,4,6,8-10H2,1H3. The van der Waals surface area contributed by atoms with Crippen LogP contribution in [0.2, 0.25) is 0 Å². The SMILES string of the molecule is CNC1CCCN(CCn2cccn2)C1. The van der Waals surface area contributed by atoms with Crippen LogP contribution < -0.4 is 5.32 Å². The Morgan fingerprint density at radius 3 is 3.13 bits per heavy atom. The van der Waals surface area contributed by atoms with Crippen molar-refractivity contribution in [2.45, 2.75) is 25.4 Å². The molecule has 1 fully saturated rings. The first kappa shape index (κ1) is 10.6. The topological polar surface area (TPSA) is 33.1 Å². The Bertz CT molecular complexity index is 270. The fraction of sp³-hybridized carbons (Fsp3) is 0.727. The van der Waals surface area contributed by atoms with E-state index >= 15 is 0 Å². The van der Waals surface area contributed by atoms with Crippen LogP contribution in [-0.4, -0.2) is 47.4 Å². The minimum Gasteiger partial charge on any atom is -0.316 e. The first-order valence-electron chi connectivity index (χ1n) is 5.75. The lowest BCUT2D eigenvalue weighted by molar-refractivity contribution is 0.187. The monoisotopic (exact) mass is 208 g/mol. The Labute approximate surface area is 91.3 Å². The molecule has 1 atom stereocenters. The zero-order chi connectivity index (χ0) is 10.5. The predicted molar refractivity (Wildman–Crippen MR) is 60.7 cm³/mol. The maximum Gasteiger partial charge on any atom is 0.0536 e. The lowest BCUT2D eigenvalue weighted by Gasteiger charge is -2.32. The Balaban J connectivity index is 1.74. The van der Waals surface area contributed by atoms with Crippen molar-refractivity contribution in [1.29, 1.82) is 0 Å². The van der Waals surface area contributed by atoms with Crippen molar-refractivity contribution in [2.24, 2.45) is 0 Å².